The van der Waals surface area contributed by atoms with E-state index in [2.05, 4.69) is 10.4 Å². The summed E-state index contributed by atoms with van der Waals surface area (Å²) >= 11 is 6.08. The second-order valence-corrected chi connectivity index (χ2v) is 8.07. The fourth-order valence-corrected chi connectivity index (χ4v) is 4.54. The van der Waals surface area contributed by atoms with Crippen molar-refractivity contribution in [1.82, 2.24) is 20.1 Å². The van der Waals surface area contributed by atoms with Gasteiger partial charge in [-0.15, -0.1) is 5.10 Å². The molecule has 0 saturated carbocycles. The first-order chi connectivity index (χ1) is 13.9. The van der Waals surface area contributed by atoms with Crippen LogP contribution in [0.2, 0.25) is 5.02 Å². The number of carbonyl (C=O) groups excluding carboxylic acids is 1. The Bertz CT molecular complexity index is 1110. The maximum absolute atomic E-state index is 12.7. The highest BCUT2D eigenvalue weighted by atomic mass is 35.5. The minimum Gasteiger partial charge on any atom is -0.479 e. The molecule has 0 aliphatic heterocycles. The van der Waals surface area contributed by atoms with Gasteiger partial charge < -0.3 is 10.1 Å². The molecule has 0 fully saturated rings. The third-order valence-electron chi connectivity index (χ3n) is 5.84. The fourth-order valence-electron chi connectivity index (χ4n) is 4.35. The number of halogens is 1. The van der Waals surface area contributed by atoms with Gasteiger partial charge in [-0.1, -0.05) is 17.7 Å². The summed E-state index contributed by atoms with van der Waals surface area (Å²) in [7, 11) is 3.47. The van der Waals surface area contributed by atoms with E-state index >= 15 is 0 Å². The topological polar surface area (TPSA) is 69.0 Å². The van der Waals surface area contributed by atoms with Gasteiger partial charge >= 0.3 is 0 Å². The maximum Gasteiger partial charge on any atom is 0.242 e. The van der Waals surface area contributed by atoms with Crippen molar-refractivity contribution in [3.05, 3.63) is 51.2 Å². The highest BCUT2D eigenvalue weighted by Crippen LogP contribution is 2.33. The van der Waals surface area contributed by atoms with E-state index in [0.717, 1.165) is 45.7 Å². The molecule has 152 valence electrons. The van der Waals surface area contributed by atoms with Crippen LogP contribution in [-0.2, 0) is 24.7 Å². The molecule has 7 heteroatoms. The van der Waals surface area contributed by atoms with Gasteiger partial charge in [0, 0.05) is 24.2 Å². The third-order valence-corrected chi connectivity index (χ3v) is 6.07. The number of hydrogen-bond donors (Lipinski definition) is 1. The number of aryl methyl sites for hydroxylation is 4. The summed E-state index contributed by atoms with van der Waals surface area (Å²) in [6.45, 7) is 4.03. The van der Waals surface area contributed by atoms with Gasteiger partial charge in [0.25, 0.3) is 0 Å². The lowest BCUT2D eigenvalue weighted by Crippen LogP contribution is -2.27. The molecule has 4 rings (SSSR count). The molecular weight excluding hydrogens is 388 g/mol. The van der Waals surface area contributed by atoms with E-state index in [-0.39, 0.29) is 11.9 Å². The number of amides is 1. The molecule has 6 nitrogen and oxygen atoms in total. The van der Waals surface area contributed by atoms with Gasteiger partial charge in [0.05, 0.1) is 18.5 Å². The van der Waals surface area contributed by atoms with E-state index in [1.165, 1.54) is 11.1 Å². The average Bonchev–Trinajstić information content (AvgIpc) is 3.22. The Kier molecular flexibility index (Phi) is 5.21. The van der Waals surface area contributed by atoms with Crippen molar-refractivity contribution in [1.29, 1.82) is 0 Å². The van der Waals surface area contributed by atoms with Gasteiger partial charge in [0.2, 0.25) is 11.8 Å². The van der Waals surface area contributed by atoms with Crippen LogP contribution >= 0.6 is 11.6 Å². The quantitative estimate of drug-likeness (QED) is 0.688. The Hall–Kier alpha value is -2.60. The Morgan fingerprint density at radius 2 is 2.17 bits per heavy atom. The molecule has 1 N–H and O–H groups in total. The summed E-state index contributed by atoms with van der Waals surface area (Å²) in [6.07, 6.45) is 2.90. The van der Waals surface area contributed by atoms with Gasteiger partial charge in [0.15, 0.2) is 5.65 Å². The largest absolute Gasteiger partial charge is 0.479 e. The molecule has 1 aromatic carbocycles. The molecule has 0 bridgehead atoms. The second kappa shape index (κ2) is 7.67. The number of pyridine rings is 1. The molecule has 2 heterocycles. The first kappa shape index (κ1) is 19.7. The summed E-state index contributed by atoms with van der Waals surface area (Å²) in [6, 6.07) is 5.98. The van der Waals surface area contributed by atoms with E-state index in [1.54, 1.807) is 11.8 Å². The Morgan fingerprint density at radius 1 is 1.38 bits per heavy atom. The number of aromatic nitrogens is 3. The van der Waals surface area contributed by atoms with Crippen LogP contribution in [0.5, 0.6) is 5.88 Å². The summed E-state index contributed by atoms with van der Waals surface area (Å²) < 4.78 is 7.15. The predicted molar refractivity (Wildman–Crippen MR) is 114 cm³/mol. The highest BCUT2D eigenvalue weighted by Gasteiger charge is 2.24. The zero-order valence-electron chi connectivity index (χ0n) is 17.2. The van der Waals surface area contributed by atoms with Crippen LogP contribution in [0.3, 0.4) is 0 Å². The molecule has 1 atom stereocenters. The molecule has 1 unspecified atom stereocenters. The highest BCUT2D eigenvalue weighted by molar-refractivity contribution is 6.30. The molecular formula is C22H25ClN4O2. The van der Waals surface area contributed by atoms with E-state index in [4.69, 9.17) is 21.3 Å². The first-order valence-electron chi connectivity index (χ1n) is 9.83. The van der Waals surface area contributed by atoms with Crippen LogP contribution in [0.1, 0.15) is 46.8 Å². The number of ether oxygens (including phenoxy) is 1. The number of carbonyl (C=O) groups is 1. The number of nitrogens with zero attached hydrogens (tertiary/aromatic N) is 3. The minimum absolute atomic E-state index is 0.0508. The molecule has 1 amide bonds. The van der Waals surface area contributed by atoms with Crippen molar-refractivity contribution in [2.24, 2.45) is 7.05 Å². The number of rotatable bonds is 5. The molecule has 0 radical (unpaired) electrons. The fraction of sp³-hybridized carbons (Fsp3) is 0.409. The number of fused-ring (bicyclic) bond motifs is 2. The smallest absolute Gasteiger partial charge is 0.242 e. The summed E-state index contributed by atoms with van der Waals surface area (Å²) in [5.41, 5.74) is 6.29. The van der Waals surface area contributed by atoms with Crippen molar-refractivity contribution in [2.45, 2.75) is 45.6 Å². The van der Waals surface area contributed by atoms with Crippen LogP contribution in [0, 0.1) is 13.8 Å². The van der Waals surface area contributed by atoms with Crippen LogP contribution in [0.15, 0.2) is 18.2 Å². The Balaban J connectivity index is 1.50. The van der Waals surface area contributed by atoms with Crippen LogP contribution < -0.4 is 10.1 Å². The van der Waals surface area contributed by atoms with E-state index in [9.17, 15) is 4.79 Å². The van der Waals surface area contributed by atoms with Crippen LogP contribution in [-0.4, -0.2) is 27.8 Å². The monoisotopic (exact) mass is 412 g/mol. The number of nitrogens with one attached hydrogen (secondary N) is 1. The maximum atomic E-state index is 12.7. The molecule has 29 heavy (non-hydrogen) atoms. The third kappa shape index (κ3) is 3.57. The lowest BCUT2D eigenvalue weighted by Gasteiger charge is -2.15. The van der Waals surface area contributed by atoms with Crippen molar-refractivity contribution in [3.8, 4) is 5.88 Å². The summed E-state index contributed by atoms with van der Waals surface area (Å²) in [5, 5.41) is 9.23. The van der Waals surface area contributed by atoms with E-state index < -0.39 is 0 Å². The van der Waals surface area contributed by atoms with Crippen LogP contribution in [0.4, 0.5) is 0 Å². The van der Waals surface area contributed by atoms with Gasteiger partial charge in [-0.05, 0) is 67.5 Å². The molecule has 0 spiro atoms. The van der Waals surface area contributed by atoms with Crippen LogP contribution in [0.25, 0.3) is 11.0 Å². The van der Waals surface area contributed by atoms with Gasteiger partial charge in [-0.25, -0.2) is 9.67 Å². The van der Waals surface area contributed by atoms with E-state index in [0.29, 0.717) is 18.7 Å². The average molecular weight is 413 g/mol. The van der Waals surface area contributed by atoms with Crippen molar-refractivity contribution in [3.63, 3.8) is 0 Å². The first-order valence-corrected chi connectivity index (χ1v) is 10.2. The van der Waals surface area contributed by atoms with Gasteiger partial charge in [-0.2, -0.15) is 0 Å². The SMILES string of the molecule is COc1nn(C)c2nc(C)c(CCC(=O)NC3CCc4cc(Cl)ccc43)c(C)c12. The van der Waals surface area contributed by atoms with Crippen molar-refractivity contribution >= 4 is 28.5 Å². The zero-order valence-corrected chi connectivity index (χ0v) is 17.9. The van der Waals surface area contributed by atoms with E-state index in [1.807, 2.05) is 39.1 Å². The predicted octanol–water partition coefficient (Wildman–Crippen LogP) is 3.98. The number of benzene rings is 1. The number of methoxy groups -OCH3 is 1. The Labute approximate surface area is 175 Å². The van der Waals surface area contributed by atoms with Gasteiger partial charge in [0.1, 0.15) is 0 Å². The molecule has 1 aliphatic carbocycles. The van der Waals surface area contributed by atoms with Gasteiger partial charge in [-0.3, -0.25) is 4.79 Å². The Morgan fingerprint density at radius 3 is 2.93 bits per heavy atom. The second-order valence-electron chi connectivity index (χ2n) is 7.63. The molecule has 0 saturated heterocycles. The minimum atomic E-state index is 0.0508. The van der Waals surface area contributed by atoms with Crippen molar-refractivity contribution in [2.75, 3.05) is 7.11 Å². The molecule has 2 aromatic heterocycles. The molecule has 3 aromatic rings. The molecule has 1 aliphatic rings. The summed E-state index contributed by atoms with van der Waals surface area (Å²) in [4.78, 5) is 17.4. The normalized spacial score (nSPS) is 15.6. The summed E-state index contributed by atoms with van der Waals surface area (Å²) in [5.74, 6) is 0.620. The standard InChI is InChI=1S/C22H25ClN4O2/c1-12-16(13(2)24-21-20(12)22(29-4)26-27(21)3)8-10-19(28)25-18-9-5-14-11-15(23)6-7-17(14)18/h6-7,11,18H,5,8-10H2,1-4H3,(H,25,28). The van der Waals surface area contributed by atoms with Crippen molar-refractivity contribution < 1.29 is 9.53 Å². The lowest BCUT2D eigenvalue weighted by molar-refractivity contribution is -0.121. The zero-order chi connectivity index (χ0) is 20.7. The lowest BCUT2D eigenvalue weighted by atomic mass is 10.00. The number of hydrogen-bond acceptors (Lipinski definition) is 4.